The standard InChI is InChI=1S/C14H15F/c1-14(2)12(9-6-10-13(14)15)11-7-4-3-5-8-11/h3-10,13H,1-2H3. The van der Waals surface area contributed by atoms with Crippen LogP contribution in [0.25, 0.3) is 5.57 Å². The fourth-order valence-electron chi connectivity index (χ4n) is 1.94. The number of hydrogen-bond acceptors (Lipinski definition) is 0. The highest BCUT2D eigenvalue weighted by Gasteiger charge is 2.33. The summed E-state index contributed by atoms with van der Waals surface area (Å²) in [5, 5.41) is 0. The minimum absolute atomic E-state index is 0.434. The number of allylic oxidation sites excluding steroid dienone is 4. The summed E-state index contributed by atoms with van der Waals surface area (Å²) in [7, 11) is 0. The highest BCUT2D eigenvalue weighted by Crippen LogP contribution is 2.41. The first kappa shape index (κ1) is 10.2. The Morgan fingerprint density at radius 1 is 1.13 bits per heavy atom. The van der Waals surface area contributed by atoms with E-state index in [2.05, 4.69) is 0 Å². The van der Waals surface area contributed by atoms with Crippen molar-refractivity contribution in [3.63, 3.8) is 0 Å². The fourth-order valence-corrected chi connectivity index (χ4v) is 1.94. The van der Waals surface area contributed by atoms with Crippen molar-refractivity contribution in [1.29, 1.82) is 0 Å². The first-order valence-electron chi connectivity index (χ1n) is 5.21. The number of benzene rings is 1. The molecule has 0 spiro atoms. The van der Waals surface area contributed by atoms with Gasteiger partial charge in [-0.05, 0) is 17.2 Å². The summed E-state index contributed by atoms with van der Waals surface area (Å²) >= 11 is 0. The average Bonchev–Trinajstić information content (AvgIpc) is 2.23. The van der Waals surface area contributed by atoms with Crippen LogP contribution in [0.3, 0.4) is 0 Å². The van der Waals surface area contributed by atoms with Gasteiger partial charge in [0, 0.05) is 5.41 Å². The van der Waals surface area contributed by atoms with Crippen molar-refractivity contribution in [2.45, 2.75) is 20.0 Å². The van der Waals surface area contributed by atoms with E-state index in [1.807, 2.05) is 50.3 Å². The molecule has 0 saturated carbocycles. The molecule has 0 nitrogen and oxygen atoms in total. The maximum Gasteiger partial charge on any atom is 0.128 e. The van der Waals surface area contributed by atoms with E-state index in [1.165, 1.54) is 0 Å². The van der Waals surface area contributed by atoms with Gasteiger partial charge in [0.1, 0.15) is 6.17 Å². The summed E-state index contributed by atoms with van der Waals surface area (Å²) in [6, 6.07) is 10.00. The molecule has 1 atom stereocenters. The normalized spacial score (nSPS) is 23.7. The molecule has 1 heteroatoms. The van der Waals surface area contributed by atoms with E-state index in [9.17, 15) is 4.39 Å². The Morgan fingerprint density at radius 2 is 1.80 bits per heavy atom. The second-order valence-corrected chi connectivity index (χ2v) is 4.45. The van der Waals surface area contributed by atoms with Crippen molar-refractivity contribution < 1.29 is 4.39 Å². The second kappa shape index (κ2) is 3.65. The molecule has 0 saturated heterocycles. The lowest BCUT2D eigenvalue weighted by Gasteiger charge is -2.32. The fraction of sp³-hybridized carbons (Fsp3) is 0.286. The van der Waals surface area contributed by atoms with Crippen LogP contribution in [-0.4, -0.2) is 6.17 Å². The largest absolute Gasteiger partial charge is 0.242 e. The number of halogens is 1. The van der Waals surface area contributed by atoms with Gasteiger partial charge >= 0.3 is 0 Å². The first-order valence-corrected chi connectivity index (χ1v) is 5.21. The maximum absolute atomic E-state index is 13.8. The summed E-state index contributed by atoms with van der Waals surface area (Å²) in [6.45, 7) is 3.89. The quantitative estimate of drug-likeness (QED) is 0.645. The molecule has 1 aliphatic rings. The van der Waals surface area contributed by atoms with E-state index < -0.39 is 11.6 Å². The molecular weight excluding hydrogens is 187 g/mol. The third-order valence-electron chi connectivity index (χ3n) is 3.01. The lowest BCUT2D eigenvalue weighted by Crippen LogP contribution is -2.27. The van der Waals surface area contributed by atoms with Gasteiger partial charge in [0.15, 0.2) is 0 Å². The Hall–Kier alpha value is -1.37. The minimum atomic E-state index is -0.905. The molecular formula is C14H15F. The van der Waals surface area contributed by atoms with E-state index in [0.29, 0.717) is 0 Å². The smallest absolute Gasteiger partial charge is 0.128 e. The van der Waals surface area contributed by atoms with Crippen LogP contribution in [0.15, 0.2) is 48.6 Å². The third-order valence-corrected chi connectivity index (χ3v) is 3.01. The van der Waals surface area contributed by atoms with Crippen molar-refractivity contribution in [1.82, 2.24) is 0 Å². The van der Waals surface area contributed by atoms with Crippen molar-refractivity contribution in [2.24, 2.45) is 5.41 Å². The zero-order valence-corrected chi connectivity index (χ0v) is 9.07. The molecule has 1 unspecified atom stereocenters. The highest BCUT2D eigenvalue weighted by molar-refractivity contribution is 5.73. The van der Waals surface area contributed by atoms with Gasteiger partial charge < -0.3 is 0 Å². The summed E-state index contributed by atoms with van der Waals surface area (Å²) in [6.07, 6.45) is 4.52. The van der Waals surface area contributed by atoms with Gasteiger partial charge in [0.05, 0.1) is 0 Å². The van der Waals surface area contributed by atoms with Crippen LogP contribution in [0, 0.1) is 5.41 Å². The Balaban J connectivity index is 2.45. The van der Waals surface area contributed by atoms with Crippen molar-refractivity contribution in [2.75, 3.05) is 0 Å². The first-order chi connectivity index (χ1) is 7.12. The second-order valence-electron chi connectivity index (χ2n) is 4.45. The van der Waals surface area contributed by atoms with Crippen molar-refractivity contribution in [3.8, 4) is 0 Å². The molecule has 0 N–H and O–H groups in total. The summed E-state index contributed by atoms with van der Waals surface area (Å²) in [4.78, 5) is 0. The van der Waals surface area contributed by atoms with E-state index in [0.717, 1.165) is 11.1 Å². The molecule has 0 bridgehead atoms. The molecule has 0 heterocycles. The molecule has 0 radical (unpaired) electrons. The predicted octanol–water partition coefficient (Wildman–Crippen LogP) is 4.00. The van der Waals surface area contributed by atoms with E-state index in [-0.39, 0.29) is 0 Å². The lowest BCUT2D eigenvalue weighted by molar-refractivity contribution is 0.250. The maximum atomic E-state index is 13.8. The van der Waals surface area contributed by atoms with E-state index >= 15 is 0 Å². The van der Waals surface area contributed by atoms with Crippen LogP contribution >= 0.6 is 0 Å². The van der Waals surface area contributed by atoms with Gasteiger partial charge in [-0.15, -0.1) is 0 Å². The zero-order valence-electron chi connectivity index (χ0n) is 9.07. The molecule has 78 valence electrons. The molecule has 0 aliphatic heterocycles. The van der Waals surface area contributed by atoms with Crippen LogP contribution < -0.4 is 0 Å². The van der Waals surface area contributed by atoms with E-state index in [1.54, 1.807) is 12.2 Å². The average molecular weight is 202 g/mol. The van der Waals surface area contributed by atoms with Crippen LogP contribution in [0.4, 0.5) is 4.39 Å². The van der Waals surface area contributed by atoms with Crippen molar-refractivity contribution >= 4 is 5.57 Å². The van der Waals surface area contributed by atoms with Gasteiger partial charge in [-0.1, -0.05) is 56.3 Å². The number of rotatable bonds is 1. The molecule has 0 aromatic heterocycles. The van der Waals surface area contributed by atoms with Gasteiger partial charge in [0.25, 0.3) is 0 Å². The molecule has 0 fully saturated rings. The SMILES string of the molecule is CC1(C)C(c2ccccc2)=CC=CC1F. The molecule has 1 aliphatic carbocycles. The predicted molar refractivity (Wildman–Crippen MR) is 62.2 cm³/mol. The molecule has 0 amide bonds. The topological polar surface area (TPSA) is 0 Å². The highest BCUT2D eigenvalue weighted by atomic mass is 19.1. The third kappa shape index (κ3) is 1.74. The monoisotopic (exact) mass is 202 g/mol. The van der Waals surface area contributed by atoms with Gasteiger partial charge in [0.2, 0.25) is 0 Å². The van der Waals surface area contributed by atoms with Crippen LogP contribution in [0.5, 0.6) is 0 Å². The molecule has 15 heavy (non-hydrogen) atoms. The van der Waals surface area contributed by atoms with Gasteiger partial charge in [-0.3, -0.25) is 0 Å². The summed E-state index contributed by atoms with van der Waals surface area (Å²) < 4.78 is 13.8. The Labute approximate surface area is 90.1 Å². The van der Waals surface area contributed by atoms with Crippen LogP contribution in [0.2, 0.25) is 0 Å². The molecule has 2 rings (SSSR count). The molecule has 1 aromatic rings. The summed E-state index contributed by atoms with van der Waals surface area (Å²) in [5.41, 5.74) is 1.74. The van der Waals surface area contributed by atoms with Crippen LogP contribution in [-0.2, 0) is 0 Å². The van der Waals surface area contributed by atoms with Gasteiger partial charge in [-0.2, -0.15) is 0 Å². The Bertz CT molecular complexity index is 399. The Morgan fingerprint density at radius 3 is 2.47 bits per heavy atom. The van der Waals surface area contributed by atoms with Crippen molar-refractivity contribution in [3.05, 3.63) is 54.1 Å². The zero-order chi connectivity index (χ0) is 10.9. The number of alkyl halides is 1. The van der Waals surface area contributed by atoms with Gasteiger partial charge in [-0.25, -0.2) is 4.39 Å². The lowest BCUT2D eigenvalue weighted by atomic mass is 9.74. The van der Waals surface area contributed by atoms with E-state index in [4.69, 9.17) is 0 Å². The van der Waals surface area contributed by atoms with Crippen LogP contribution in [0.1, 0.15) is 19.4 Å². The number of hydrogen-bond donors (Lipinski definition) is 0. The Kier molecular flexibility index (Phi) is 2.47. The minimum Gasteiger partial charge on any atom is -0.242 e. The summed E-state index contributed by atoms with van der Waals surface area (Å²) in [5.74, 6) is 0. The molecule has 1 aromatic carbocycles.